The van der Waals surface area contributed by atoms with Crippen LogP contribution >= 0.6 is 49.6 Å². The maximum atomic E-state index is 0. The molecular weight excluding hydrogens is 233 g/mol. The largest absolute Gasteiger partial charge is 1.00 e. The summed E-state index contributed by atoms with van der Waals surface area (Å²) in [5.74, 6) is 0. The molecule has 0 rings (SSSR count). The van der Waals surface area contributed by atoms with Crippen molar-refractivity contribution in [2.24, 2.45) is 0 Å². The standard InChI is InChI=1S/5ClH.2H4Si/h5*1H;2*1H4. The Labute approximate surface area is 85.2 Å². The van der Waals surface area contributed by atoms with E-state index in [1.165, 1.54) is 0 Å². The van der Waals surface area contributed by atoms with Gasteiger partial charge in [0.25, 0.3) is 0 Å². The van der Waals surface area contributed by atoms with E-state index in [4.69, 9.17) is 0 Å². The molecule has 0 aromatic rings. The van der Waals surface area contributed by atoms with Gasteiger partial charge in [0.15, 0.2) is 0 Å². The zero-order valence-electron chi connectivity index (χ0n) is 3.01. The molecule has 0 aromatic heterocycles. The molecule has 0 amide bonds. The van der Waals surface area contributed by atoms with Gasteiger partial charge in [-0.2, -0.15) is 0 Å². The first-order valence-corrected chi connectivity index (χ1v) is 0. The van der Waals surface area contributed by atoms with Gasteiger partial charge in [-0.1, -0.05) is 0 Å². The second-order valence-electron chi connectivity index (χ2n) is 0. The molecule has 0 bridgehead atoms. The molecule has 0 fully saturated rings. The molecule has 0 atom stereocenters. The van der Waals surface area contributed by atoms with Gasteiger partial charge in [-0.3, -0.25) is 0 Å². The second-order valence-corrected chi connectivity index (χ2v) is 0. The minimum absolute atomic E-state index is 0. The van der Waals surface area contributed by atoms with E-state index in [1.807, 2.05) is 0 Å². The van der Waals surface area contributed by atoms with Crippen molar-refractivity contribution in [1.82, 2.24) is 0 Å². The molecule has 56 valence electrons. The lowest BCUT2D eigenvalue weighted by atomic mass is 28.1. The highest BCUT2D eigenvalue weighted by atomic mass is 35.5. The molecule has 7 heteroatoms. The van der Waals surface area contributed by atoms with Crippen molar-refractivity contribution < 1.29 is 13.8 Å². The van der Waals surface area contributed by atoms with Crippen molar-refractivity contribution in [3.05, 3.63) is 0 Å². The van der Waals surface area contributed by atoms with Crippen molar-refractivity contribution in [3.8, 4) is 0 Å². The molecule has 0 unspecified atom stereocenters. The van der Waals surface area contributed by atoms with E-state index >= 15 is 0 Å². The number of rotatable bonds is 0. The molecular formula is H13Cl5Si2. The van der Waals surface area contributed by atoms with Crippen molar-refractivity contribution in [2.45, 2.75) is 0 Å². The zero-order chi connectivity index (χ0) is 0. The summed E-state index contributed by atoms with van der Waals surface area (Å²) in [6, 6.07) is 0. The Balaban J connectivity index is 0. The van der Waals surface area contributed by atoms with Gasteiger partial charge in [0, 0.05) is 0 Å². The fraction of sp³-hybridized carbons (Fsp3) is 0. The first-order chi connectivity index (χ1) is 0. The second kappa shape index (κ2) is 105. The van der Waals surface area contributed by atoms with Gasteiger partial charge in [-0.25, -0.2) is 0 Å². The van der Waals surface area contributed by atoms with E-state index in [0.29, 0.717) is 0 Å². The van der Waals surface area contributed by atoms with Crippen LogP contribution in [0, 0.1) is 0 Å². The van der Waals surface area contributed by atoms with Gasteiger partial charge in [-0.05, 0) is 21.9 Å². The summed E-state index contributed by atoms with van der Waals surface area (Å²) < 4.78 is 0. The third-order valence-electron chi connectivity index (χ3n) is 0. The number of halogens is 5. The number of hydrogen-bond acceptors (Lipinski definition) is 0. The molecule has 0 nitrogen and oxygen atoms in total. The van der Waals surface area contributed by atoms with Gasteiger partial charge < -0.3 is 12.4 Å². The lowest BCUT2D eigenvalue weighted by molar-refractivity contribution is -0.00000103. The van der Waals surface area contributed by atoms with Crippen molar-refractivity contribution >= 4 is 71.6 Å². The van der Waals surface area contributed by atoms with Crippen LogP contribution in [-0.2, 0) is 0 Å². The lowest BCUT2D eigenvalue weighted by Gasteiger charge is -1.00. The quantitative estimate of drug-likeness (QED) is 0.381. The summed E-state index contributed by atoms with van der Waals surface area (Å²) >= 11 is 0. The molecule has 7 heavy (non-hydrogen) atoms. The minimum Gasteiger partial charge on any atom is -1.00 e. The van der Waals surface area contributed by atoms with E-state index in [-0.39, 0.29) is 85.4 Å². The molecule has 0 aliphatic carbocycles. The highest BCUT2D eigenvalue weighted by Crippen LogP contribution is 0.693. The molecule has 0 N–H and O–H groups in total. The Morgan fingerprint density at radius 2 is 0.571 bits per heavy atom. The summed E-state index contributed by atoms with van der Waals surface area (Å²) in [7, 11) is 0. The maximum absolute atomic E-state index is 0. The van der Waals surface area contributed by atoms with Crippen LogP contribution in [0.3, 0.4) is 0 Å². The lowest BCUT2D eigenvalue weighted by Crippen LogP contribution is -3.00. The van der Waals surface area contributed by atoms with Crippen LogP contribution in [0.5, 0.6) is 0 Å². The third-order valence-corrected chi connectivity index (χ3v) is 0. The van der Waals surface area contributed by atoms with Crippen molar-refractivity contribution in [2.75, 3.05) is 0 Å². The fourth-order valence-electron chi connectivity index (χ4n) is 0. The molecule has 0 radical (unpaired) electrons. The van der Waals surface area contributed by atoms with Crippen LogP contribution in [0.4, 0.5) is 0 Å². The van der Waals surface area contributed by atoms with Crippen molar-refractivity contribution in [3.63, 3.8) is 0 Å². The Bertz CT molecular complexity index is 10.4. The van der Waals surface area contributed by atoms with E-state index in [1.54, 1.807) is 0 Å². The van der Waals surface area contributed by atoms with E-state index in [0.717, 1.165) is 0 Å². The Morgan fingerprint density at radius 3 is 0.571 bits per heavy atom. The Kier molecular flexibility index (Phi) is 2340. The monoisotopic (exact) mass is 244 g/mol. The molecule has 0 saturated carbocycles. The smallest absolute Gasteiger partial charge is 1.00 e. The van der Waals surface area contributed by atoms with Crippen LogP contribution < -0.4 is 12.4 Å². The van der Waals surface area contributed by atoms with E-state index in [2.05, 4.69) is 0 Å². The van der Waals surface area contributed by atoms with Gasteiger partial charge >= 0.3 is 1.43 Å². The summed E-state index contributed by atoms with van der Waals surface area (Å²) in [4.78, 5) is 0. The van der Waals surface area contributed by atoms with E-state index < -0.39 is 0 Å². The topological polar surface area (TPSA) is 0 Å². The van der Waals surface area contributed by atoms with Gasteiger partial charge in [0.2, 0.25) is 0 Å². The molecule has 0 saturated heterocycles. The first kappa shape index (κ1) is 156. The average molecular weight is 247 g/mol. The van der Waals surface area contributed by atoms with Crippen LogP contribution in [0.2, 0.25) is 0 Å². The number of hydrogen-bond donors (Lipinski definition) is 0. The summed E-state index contributed by atoms with van der Waals surface area (Å²) in [6.07, 6.45) is 0. The van der Waals surface area contributed by atoms with E-state index in [9.17, 15) is 0 Å². The summed E-state index contributed by atoms with van der Waals surface area (Å²) in [5, 5.41) is 0. The fourth-order valence-corrected chi connectivity index (χ4v) is 0. The summed E-state index contributed by atoms with van der Waals surface area (Å²) in [6.45, 7) is 0. The first-order valence-electron chi connectivity index (χ1n) is 0. The average Bonchev–Trinajstić information content (AvgIpc) is 0. The predicted molar refractivity (Wildman–Crippen MR) is 52.8 cm³/mol. The van der Waals surface area contributed by atoms with Gasteiger partial charge in [0.1, 0.15) is 0 Å². The molecule has 0 aliphatic heterocycles. The molecule has 0 aliphatic rings. The maximum Gasteiger partial charge on any atom is 1.00 e. The molecule has 0 spiro atoms. The van der Waals surface area contributed by atoms with Gasteiger partial charge in [-0.15, -0.1) is 49.6 Å². The van der Waals surface area contributed by atoms with Crippen LogP contribution in [0.15, 0.2) is 0 Å². The minimum atomic E-state index is 0. The van der Waals surface area contributed by atoms with Crippen LogP contribution in [0.25, 0.3) is 0 Å². The third kappa shape index (κ3) is 76.9. The molecule has 0 heterocycles. The van der Waals surface area contributed by atoms with Crippen LogP contribution in [-0.4, -0.2) is 21.9 Å². The highest BCUT2D eigenvalue weighted by molar-refractivity contribution is 5.86. The normalized spacial score (nSPS) is 0. The van der Waals surface area contributed by atoms with Crippen molar-refractivity contribution in [1.29, 1.82) is 0 Å². The van der Waals surface area contributed by atoms with Crippen LogP contribution in [0.1, 0.15) is 1.43 Å². The predicted octanol–water partition coefficient (Wildman–Crippen LogP) is -4.10. The van der Waals surface area contributed by atoms with Gasteiger partial charge in [0.05, 0.1) is 0 Å². The Hall–Kier alpha value is 1.88. The Morgan fingerprint density at radius 1 is 0.571 bits per heavy atom. The highest BCUT2D eigenvalue weighted by Gasteiger charge is -0.0138. The SMILES string of the molecule is Cl.Cl.Cl.Cl.[Cl-].[H+].[SiH4].[SiH4]. The molecule has 0 aromatic carbocycles. The summed E-state index contributed by atoms with van der Waals surface area (Å²) in [5.41, 5.74) is 0. The zero-order valence-corrected chi connectivity index (χ0v) is 6.03.